The van der Waals surface area contributed by atoms with Crippen LogP contribution in [-0.4, -0.2) is 40.1 Å². The summed E-state index contributed by atoms with van der Waals surface area (Å²) in [6, 6.07) is 4.45. The zero-order valence-corrected chi connectivity index (χ0v) is 12.6. The Morgan fingerprint density at radius 2 is 2.30 bits per heavy atom. The van der Waals surface area contributed by atoms with E-state index in [1.165, 1.54) is 23.6 Å². The lowest BCUT2D eigenvalue weighted by molar-refractivity contribution is 0.318. The molecule has 1 aliphatic heterocycles. The second kappa shape index (κ2) is 7.75. The van der Waals surface area contributed by atoms with Crippen LogP contribution < -0.4 is 11.1 Å². The zero-order chi connectivity index (χ0) is 14.4. The maximum atomic E-state index is 13.5. The van der Waals surface area contributed by atoms with Crippen molar-refractivity contribution in [1.82, 2.24) is 5.32 Å². The Kier molecular flexibility index (Phi) is 6.00. The Balaban J connectivity index is 1.90. The van der Waals surface area contributed by atoms with Crippen LogP contribution in [-0.2, 0) is 6.54 Å². The molecule has 0 radical (unpaired) electrons. The van der Waals surface area contributed by atoms with Crippen LogP contribution in [0.15, 0.2) is 23.4 Å². The summed E-state index contributed by atoms with van der Waals surface area (Å²) in [5, 5.41) is 15.5. The van der Waals surface area contributed by atoms with Crippen LogP contribution in [0.3, 0.4) is 0 Å². The van der Waals surface area contributed by atoms with Gasteiger partial charge in [-0.25, -0.2) is 4.39 Å². The molecule has 0 bridgehead atoms. The van der Waals surface area contributed by atoms with Gasteiger partial charge < -0.3 is 16.3 Å². The first-order chi connectivity index (χ1) is 9.69. The molecule has 1 aromatic rings. The Morgan fingerprint density at radius 3 is 3.00 bits per heavy atom. The van der Waals surface area contributed by atoms with E-state index in [4.69, 9.17) is 10.9 Å². The van der Waals surface area contributed by atoms with Gasteiger partial charge in [-0.2, -0.15) is 23.5 Å². The van der Waals surface area contributed by atoms with E-state index in [9.17, 15) is 4.39 Å². The van der Waals surface area contributed by atoms with E-state index in [1.54, 1.807) is 6.07 Å². The highest BCUT2D eigenvalue weighted by Crippen LogP contribution is 2.23. The minimum Gasteiger partial charge on any atom is -0.409 e. The molecule has 0 saturated carbocycles. The van der Waals surface area contributed by atoms with Gasteiger partial charge in [0.15, 0.2) is 5.84 Å². The molecule has 20 heavy (non-hydrogen) atoms. The molecule has 2 rings (SSSR count). The molecule has 1 unspecified atom stereocenters. The summed E-state index contributed by atoms with van der Waals surface area (Å²) in [7, 11) is 0. The largest absolute Gasteiger partial charge is 0.409 e. The quantitative estimate of drug-likeness (QED) is 0.335. The van der Waals surface area contributed by atoms with E-state index in [0.29, 0.717) is 17.4 Å². The van der Waals surface area contributed by atoms with Gasteiger partial charge in [-0.1, -0.05) is 5.16 Å². The molecular weight excluding hydrogens is 297 g/mol. The molecule has 4 N–H and O–H groups in total. The molecule has 0 amide bonds. The fraction of sp³-hybridized carbons (Fsp3) is 0.462. The second-order valence-electron chi connectivity index (χ2n) is 4.53. The van der Waals surface area contributed by atoms with Crippen LogP contribution in [0.5, 0.6) is 0 Å². The van der Waals surface area contributed by atoms with E-state index >= 15 is 0 Å². The van der Waals surface area contributed by atoms with Crippen LogP contribution in [0, 0.1) is 5.82 Å². The SMILES string of the molecule is N/C(=N/O)c1cc(F)cc(CNCC2CSCCS2)c1. The van der Waals surface area contributed by atoms with Gasteiger partial charge in [0, 0.05) is 41.2 Å². The minimum absolute atomic E-state index is 0.0787. The number of nitrogens with one attached hydrogen (secondary N) is 1. The van der Waals surface area contributed by atoms with Gasteiger partial charge in [0.2, 0.25) is 0 Å². The van der Waals surface area contributed by atoms with Crippen molar-refractivity contribution < 1.29 is 9.60 Å². The fourth-order valence-corrected chi connectivity index (χ4v) is 4.64. The first-order valence-electron chi connectivity index (χ1n) is 6.36. The van der Waals surface area contributed by atoms with Crippen molar-refractivity contribution in [2.24, 2.45) is 10.9 Å². The fourth-order valence-electron chi connectivity index (χ4n) is 1.99. The Bertz CT molecular complexity index is 479. The number of rotatable bonds is 5. The van der Waals surface area contributed by atoms with Crippen molar-refractivity contribution in [2.75, 3.05) is 23.8 Å². The minimum atomic E-state index is -0.381. The molecule has 1 saturated heterocycles. The van der Waals surface area contributed by atoms with Crippen LogP contribution in [0.2, 0.25) is 0 Å². The van der Waals surface area contributed by atoms with Gasteiger partial charge in [-0.05, 0) is 23.8 Å². The van der Waals surface area contributed by atoms with E-state index in [2.05, 4.69) is 10.5 Å². The molecule has 0 aromatic heterocycles. The lowest BCUT2D eigenvalue weighted by Gasteiger charge is -2.21. The highest BCUT2D eigenvalue weighted by molar-refractivity contribution is 8.06. The summed E-state index contributed by atoms with van der Waals surface area (Å²) < 4.78 is 13.5. The van der Waals surface area contributed by atoms with E-state index in [1.807, 2.05) is 23.5 Å². The van der Waals surface area contributed by atoms with E-state index in [0.717, 1.165) is 17.9 Å². The van der Waals surface area contributed by atoms with Gasteiger partial charge in [0.1, 0.15) is 5.82 Å². The summed E-state index contributed by atoms with van der Waals surface area (Å²) in [6.45, 7) is 1.48. The Morgan fingerprint density at radius 1 is 1.45 bits per heavy atom. The highest BCUT2D eigenvalue weighted by atomic mass is 32.2. The standard InChI is InChI=1S/C13H18FN3OS2/c14-11-4-9(3-10(5-11)13(15)17-18)6-16-7-12-8-19-1-2-20-12/h3-5,12,16,18H,1-2,6-8H2,(H2,15,17). The first kappa shape index (κ1) is 15.5. The number of oxime groups is 1. The monoisotopic (exact) mass is 315 g/mol. The van der Waals surface area contributed by atoms with Crippen molar-refractivity contribution >= 4 is 29.4 Å². The number of amidine groups is 1. The summed E-state index contributed by atoms with van der Waals surface area (Å²) in [6.07, 6.45) is 0. The average molecular weight is 315 g/mol. The number of nitrogens with two attached hydrogens (primary N) is 1. The predicted octanol–water partition coefficient (Wildman–Crippen LogP) is 1.86. The lowest BCUT2D eigenvalue weighted by atomic mass is 10.1. The number of hydrogen-bond acceptors (Lipinski definition) is 5. The molecule has 1 aromatic carbocycles. The van der Waals surface area contributed by atoms with Crippen LogP contribution in [0.25, 0.3) is 0 Å². The number of halogens is 1. The summed E-state index contributed by atoms with van der Waals surface area (Å²) in [4.78, 5) is 0. The van der Waals surface area contributed by atoms with Gasteiger partial charge in [-0.15, -0.1) is 0 Å². The molecule has 0 aliphatic carbocycles. The number of nitrogens with zero attached hydrogens (tertiary/aromatic N) is 1. The number of thioether (sulfide) groups is 2. The first-order valence-corrected chi connectivity index (χ1v) is 8.57. The lowest BCUT2D eigenvalue weighted by Crippen LogP contribution is -2.28. The molecule has 1 fully saturated rings. The summed E-state index contributed by atoms with van der Waals surface area (Å²) in [5.41, 5.74) is 6.67. The maximum absolute atomic E-state index is 13.5. The molecule has 0 spiro atoms. The van der Waals surface area contributed by atoms with Crippen molar-refractivity contribution in [3.8, 4) is 0 Å². The summed E-state index contributed by atoms with van der Waals surface area (Å²) in [5.74, 6) is 3.13. The maximum Gasteiger partial charge on any atom is 0.170 e. The van der Waals surface area contributed by atoms with Gasteiger partial charge in [-0.3, -0.25) is 0 Å². The molecule has 1 aliphatic rings. The van der Waals surface area contributed by atoms with Gasteiger partial charge in [0.05, 0.1) is 0 Å². The normalized spacial score (nSPS) is 20.1. The molecular formula is C13H18FN3OS2. The molecule has 1 heterocycles. The summed E-state index contributed by atoms with van der Waals surface area (Å²) >= 11 is 3.96. The van der Waals surface area contributed by atoms with E-state index in [-0.39, 0.29) is 11.7 Å². The highest BCUT2D eigenvalue weighted by Gasteiger charge is 2.13. The zero-order valence-electron chi connectivity index (χ0n) is 11.0. The average Bonchev–Trinajstić information content (AvgIpc) is 2.47. The van der Waals surface area contributed by atoms with Crippen LogP contribution >= 0.6 is 23.5 Å². The van der Waals surface area contributed by atoms with Crippen molar-refractivity contribution in [2.45, 2.75) is 11.8 Å². The molecule has 7 heteroatoms. The molecule has 110 valence electrons. The smallest absolute Gasteiger partial charge is 0.170 e. The molecule has 4 nitrogen and oxygen atoms in total. The van der Waals surface area contributed by atoms with Crippen molar-refractivity contribution in [3.63, 3.8) is 0 Å². The second-order valence-corrected chi connectivity index (χ2v) is 7.09. The predicted molar refractivity (Wildman–Crippen MR) is 84.2 cm³/mol. The third-order valence-corrected chi connectivity index (χ3v) is 5.79. The van der Waals surface area contributed by atoms with Gasteiger partial charge >= 0.3 is 0 Å². The number of hydrogen-bond donors (Lipinski definition) is 3. The Hall–Kier alpha value is -0.920. The van der Waals surface area contributed by atoms with Crippen LogP contribution in [0.1, 0.15) is 11.1 Å². The topological polar surface area (TPSA) is 70.6 Å². The van der Waals surface area contributed by atoms with E-state index < -0.39 is 0 Å². The van der Waals surface area contributed by atoms with Crippen LogP contribution in [0.4, 0.5) is 4.39 Å². The van der Waals surface area contributed by atoms with Crippen molar-refractivity contribution in [1.29, 1.82) is 0 Å². The molecule has 1 atom stereocenters. The number of benzene rings is 1. The third kappa shape index (κ3) is 4.57. The van der Waals surface area contributed by atoms with Crippen molar-refractivity contribution in [3.05, 3.63) is 35.1 Å². The third-order valence-electron chi connectivity index (χ3n) is 2.95. The van der Waals surface area contributed by atoms with Gasteiger partial charge in [0.25, 0.3) is 0 Å². The Labute approximate surface area is 126 Å².